The van der Waals surface area contributed by atoms with E-state index in [1.54, 1.807) is 13.8 Å². The van der Waals surface area contributed by atoms with Gasteiger partial charge in [-0.05, 0) is 42.5 Å². The number of aromatic nitrogens is 2. The van der Waals surface area contributed by atoms with E-state index in [1.807, 2.05) is 54.6 Å². The molecule has 0 saturated heterocycles. The summed E-state index contributed by atoms with van der Waals surface area (Å²) in [7, 11) is 0. The fourth-order valence-corrected chi connectivity index (χ4v) is 3.60. The monoisotopic (exact) mass is 461 g/mol. The van der Waals surface area contributed by atoms with Gasteiger partial charge in [0.25, 0.3) is 5.91 Å². The quantitative estimate of drug-likeness (QED) is 0.441. The first kappa shape index (κ1) is 24.6. The Kier molecular flexibility index (Phi) is 8.45. The van der Waals surface area contributed by atoms with Gasteiger partial charge in [0.1, 0.15) is 5.69 Å². The summed E-state index contributed by atoms with van der Waals surface area (Å²) in [6, 6.07) is 18.9. The molecule has 2 aromatic carbocycles. The Hall–Kier alpha value is -4.07. The van der Waals surface area contributed by atoms with Crippen LogP contribution in [-0.4, -0.2) is 45.6 Å². The summed E-state index contributed by atoms with van der Waals surface area (Å²) in [6.45, 7) is 3.77. The fraction of sp³-hybridized carbons (Fsp3) is 0.269. The van der Waals surface area contributed by atoms with Crippen LogP contribution in [0.15, 0.2) is 66.9 Å². The van der Waals surface area contributed by atoms with E-state index >= 15 is 0 Å². The van der Waals surface area contributed by atoms with Crippen molar-refractivity contribution in [3.05, 3.63) is 83.9 Å². The minimum absolute atomic E-state index is 0.0550. The summed E-state index contributed by atoms with van der Waals surface area (Å²) in [6.07, 6.45) is 2.05. The molecule has 0 fully saturated rings. The molecule has 3 rings (SSSR count). The Morgan fingerprint density at radius 2 is 1.68 bits per heavy atom. The number of rotatable bonds is 10. The number of amides is 1. The molecule has 8 heteroatoms. The summed E-state index contributed by atoms with van der Waals surface area (Å²) >= 11 is 0. The van der Waals surface area contributed by atoms with Gasteiger partial charge in [-0.2, -0.15) is 0 Å². The maximum absolute atomic E-state index is 12.8. The molecule has 34 heavy (non-hydrogen) atoms. The van der Waals surface area contributed by atoms with Crippen molar-refractivity contribution >= 4 is 17.8 Å². The first-order valence-corrected chi connectivity index (χ1v) is 11.1. The van der Waals surface area contributed by atoms with Crippen LogP contribution in [0.5, 0.6) is 0 Å². The number of carbonyl (C=O) groups excluding carboxylic acids is 2. The normalized spacial score (nSPS) is 12.4. The number of esters is 1. The molecular weight excluding hydrogens is 434 g/mol. The summed E-state index contributed by atoms with van der Waals surface area (Å²) in [5, 5.41) is 12.0. The topological polar surface area (TPSA) is 118 Å². The van der Waals surface area contributed by atoms with Crippen molar-refractivity contribution in [2.75, 3.05) is 6.61 Å². The highest BCUT2D eigenvalue weighted by Crippen LogP contribution is 2.21. The summed E-state index contributed by atoms with van der Waals surface area (Å²) in [5.41, 5.74) is 3.11. The standard InChI is InChI=1S/C26H27N3O5/c1-3-34-26(33)17(2)15-21(28-24(30)22-13-14-27-23(29-22)25(31)32)16-18-9-11-20(12-10-18)19-7-5-4-6-8-19/h4-14,17,21H,3,15-16H2,1-2H3,(H,28,30)(H,31,32)/t17-,21?/m1/s1. The van der Waals surface area contributed by atoms with Crippen LogP contribution in [0.4, 0.5) is 0 Å². The molecule has 1 aromatic heterocycles. The molecule has 0 aliphatic rings. The number of benzene rings is 2. The van der Waals surface area contributed by atoms with Crippen molar-refractivity contribution in [1.29, 1.82) is 0 Å². The fourth-order valence-electron chi connectivity index (χ4n) is 3.60. The lowest BCUT2D eigenvalue weighted by Crippen LogP contribution is -2.39. The van der Waals surface area contributed by atoms with E-state index in [1.165, 1.54) is 12.3 Å². The summed E-state index contributed by atoms with van der Waals surface area (Å²) in [5.74, 6) is -3.08. The van der Waals surface area contributed by atoms with E-state index in [0.717, 1.165) is 16.7 Å². The zero-order chi connectivity index (χ0) is 24.5. The highest BCUT2D eigenvalue weighted by Gasteiger charge is 2.23. The molecule has 1 amide bonds. The number of nitrogens with zero attached hydrogens (tertiary/aromatic N) is 2. The molecule has 2 N–H and O–H groups in total. The van der Waals surface area contributed by atoms with Crippen molar-refractivity contribution < 1.29 is 24.2 Å². The van der Waals surface area contributed by atoms with Crippen molar-refractivity contribution in [1.82, 2.24) is 15.3 Å². The Labute approximate surface area is 198 Å². The second-order valence-electron chi connectivity index (χ2n) is 7.90. The number of nitrogens with one attached hydrogen (secondary N) is 1. The number of aromatic carboxylic acids is 1. The number of carbonyl (C=O) groups is 3. The van der Waals surface area contributed by atoms with Crippen molar-refractivity contribution in [2.45, 2.75) is 32.7 Å². The van der Waals surface area contributed by atoms with Gasteiger partial charge < -0.3 is 15.2 Å². The van der Waals surface area contributed by atoms with Gasteiger partial charge in [0.05, 0.1) is 12.5 Å². The van der Waals surface area contributed by atoms with Gasteiger partial charge in [-0.3, -0.25) is 9.59 Å². The van der Waals surface area contributed by atoms with Crippen LogP contribution in [0.2, 0.25) is 0 Å². The first-order chi connectivity index (χ1) is 16.4. The van der Waals surface area contributed by atoms with Crippen LogP contribution in [-0.2, 0) is 16.0 Å². The molecule has 0 bridgehead atoms. The lowest BCUT2D eigenvalue weighted by atomic mass is 9.94. The third kappa shape index (κ3) is 6.71. The number of ether oxygens (including phenoxy) is 1. The summed E-state index contributed by atoms with van der Waals surface area (Å²) in [4.78, 5) is 43.6. The molecule has 0 radical (unpaired) electrons. The predicted octanol–water partition coefficient (Wildman–Crippen LogP) is 3.77. The molecule has 176 valence electrons. The Balaban J connectivity index is 1.77. The van der Waals surface area contributed by atoms with Gasteiger partial charge in [0, 0.05) is 12.2 Å². The Bertz CT molecular complexity index is 1130. The van der Waals surface area contributed by atoms with Crippen LogP contribution in [0.3, 0.4) is 0 Å². The van der Waals surface area contributed by atoms with E-state index < -0.39 is 29.7 Å². The minimum atomic E-state index is -1.32. The largest absolute Gasteiger partial charge is 0.475 e. The minimum Gasteiger partial charge on any atom is -0.475 e. The van der Waals surface area contributed by atoms with E-state index in [4.69, 9.17) is 9.84 Å². The van der Waals surface area contributed by atoms with E-state index in [2.05, 4.69) is 15.3 Å². The molecule has 2 atom stereocenters. The van der Waals surface area contributed by atoms with E-state index in [9.17, 15) is 14.4 Å². The van der Waals surface area contributed by atoms with Gasteiger partial charge >= 0.3 is 11.9 Å². The van der Waals surface area contributed by atoms with Crippen LogP contribution >= 0.6 is 0 Å². The Morgan fingerprint density at radius 1 is 1.00 bits per heavy atom. The van der Waals surface area contributed by atoms with Gasteiger partial charge in [0.2, 0.25) is 5.82 Å². The second kappa shape index (κ2) is 11.7. The maximum atomic E-state index is 12.8. The predicted molar refractivity (Wildman–Crippen MR) is 126 cm³/mol. The van der Waals surface area contributed by atoms with Crippen molar-refractivity contribution in [3.8, 4) is 11.1 Å². The maximum Gasteiger partial charge on any atom is 0.373 e. The van der Waals surface area contributed by atoms with Gasteiger partial charge in [-0.15, -0.1) is 0 Å². The molecule has 0 aliphatic heterocycles. The van der Waals surface area contributed by atoms with Gasteiger partial charge in [-0.1, -0.05) is 61.5 Å². The zero-order valence-corrected chi connectivity index (χ0v) is 19.1. The van der Waals surface area contributed by atoms with E-state index in [-0.39, 0.29) is 18.3 Å². The number of carboxylic acids is 1. The molecule has 8 nitrogen and oxygen atoms in total. The molecule has 3 aromatic rings. The van der Waals surface area contributed by atoms with Crippen LogP contribution in [0.1, 0.15) is 46.9 Å². The molecule has 0 aliphatic carbocycles. The number of carboxylic acid groups (broad SMARTS) is 1. The van der Waals surface area contributed by atoms with Crippen molar-refractivity contribution in [3.63, 3.8) is 0 Å². The molecular formula is C26H27N3O5. The zero-order valence-electron chi connectivity index (χ0n) is 19.1. The lowest BCUT2D eigenvalue weighted by Gasteiger charge is -2.22. The van der Waals surface area contributed by atoms with Crippen molar-refractivity contribution in [2.24, 2.45) is 5.92 Å². The first-order valence-electron chi connectivity index (χ1n) is 11.1. The third-order valence-electron chi connectivity index (χ3n) is 5.28. The molecule has 0 spiro atoms. The lowest BCUT2D eigenvalue weighted by molar-refractivity contribution is -0.147. The second-order valence-corrected chi connectivity index (χ2v) is 7.90. The highest BCUT2D eigenvalue weighted by atomic mass is 16.5. The Morgan fingerprint density at radius 3 is 2.32 bits per heavy atom. The van der Waals surface area contributed by atoms with Crippen LogP contribution in [0, 0.1) is 5.92 Å². The smallest absolute Gasteiger partial charge is 0.373 e. The summed E-state index contributed by atoms with van der Waals surface area (Å²) < 4.78 is 5.11. The van der Waals surface area contributed by atoms with Crippen LogP contribution < -0.4 is 5.32 Å². The average molecular weight is 462 g/mol. The SMILES string of the molecule is CCOC(=O)[C@H](C)CC(Cc1ccc(-c2ccccc2)cc1)NC(=O)c1ccnc(C(=O)O)n1. The third-order valence-corrected chi connectivity index (χ3v) is 5.28. The molecule has 1 heterocycles. The van der Waals surface area contributed by atoms with Gasteiger partial charge in [0.15, 0.2) is 0 Å². The van der Waals surface area contributed by atoms with E-state index in [0.29, 0.717) is 12.8 Å². The van der Waals surface area contributed by atoms with Crippen LogP contribution in [0.25, 0.3) is 11.1 Å². The molecule has 0 saturated carbocycles. The molecule has 1 unspecified atom stereocenters. The average Bonchev–Trinajstić information content (AvgIpc) is 2.85. The number of hydrogen-bond acceptors (Lipinski definition) is 6. The number of hydrogen-bond donors (Lipinski definition) is 2. The van der Waals surface area contributed by atoms with Gasteiger partial charge in [-0.25, -0.2) is 14.8 Å². The highest BCUT2D eigenvalue weighted by molar-refractivity contribution is 5.93.